The van der Waals surface area contributed by atoms with Crippen molar-refractivity contribution in [1.29, 1.82) is 0 Å². The summed E-state index contributed by atoms with van der Waals surface area (Å²) in [5.74, 6) is -1.26. The molecule has 2 rings (SSSR count). The predicted octanol–water partition coefficient (Wildman–Crippen LogP) is 2.07. The van der Waals surface area contributed by atoms with Crippen LogP contribution in [0.1, 0.15) is 36.6 Å². The number of carbonyl (C=O) groups is 1. The number of alkyl halides is 3. The lowest BCUT2D eigenvalue weighted by atomic mass is 10.1. The van der Waals surface area contributed by atoms with Gasteiger partial charge >= 0.3 is 6.18 Å². The first kappa shape index (κ1) is 17.2. The molecule has 0 saturated heterocycles. The van der Waals surface area contributed by atoms with Crippen LogP contribution < -0.4 is 5.32 Å². The van der Waals surface area contributed by atoms with Gasteiger partial charge in [-0.3, -0.25) is 4.79 Å². The van der Waals surface area contributed by atoms with E-state index in [-0.39, 0.29) is 18.1 Å². The first-order valence-electron chi connectivity index (χ1n) is 7.16. The van der Waals surface area contributed by atoms with E-state index in [2.05, 4.69) is 20.4 Å². The Morgan fingerprint density at radius 2 is 1.91 bits per heavy atom. The Morgan fingerprint density at radius 3 is 2.48 bits per heavy atom. The molecular weight excluding hydrogens is 311 g/mol. The summed E-state index contributed by atoms with van der Waals surface area (Å²) < 4.78 is 39.2. The second kappa shape index (κ2) is 6.13. The minimum Gasteiger partial charge on any atom is -0.356 e. The van der Waals surface area contributed by atoms with Gasteiger partial charge in [0.05, 0.1) is 6.42 Å². The van der Waals surface area contributed by atoms with E-state index in [0.29, 0.717) is 29.4 Å². The van der Waals surface area contributed by atoms with Crippen LogP contribution in [0.4, 0.5) is 13.2 Å². The van der Waals surface area contributed by atoms with Crippen molar-refractivity contribution in [1.82, 2.24) is 24.9 Å². The SMILES string of the molecule is Cc1nc2nc(C(F)(F)F)nn2c(C)c1CC(=O)NCC(C)C. The van der Waals surface area contributed by atoms with Crippen molar-refractivity contribution in [3.63, 3.8) is 0 Å². The highest BCUT2D eigenvalue weighted by Gasteiger charge is 2.37. The van der Waals surface area contributed by atoms with Gasteiger partial charge in [0, 0.05) is 23.5 Å². The molecule has 2 aromatic heterocycles. The summed E-state index contributed by atoms with van der Waals surface area (Å²) in [7, 11) is 0. The Kier molecular flexibility index (Phi) is 4.58. The zero-order valence-corrected chi connectivity index (χ0v) is 13.3. The van der Waals surface area contributed by atoms with E-state index in [9.17, 15) is 18.0 Å². The summed E-state index contributed by atoms with van der Waals surface area (Å²) in [4.78, 5) is 19.4. The van der Waals surface area contributed by atoms with Crippen molar-refractivity contribution in [2.75, 3.05) is 6.54 Å². The predicted molar refractivity (Wildman–Crippen MR) is 76.8 cm³/mol. The summed E-state index contributed by atoms with van der Waals surface area (Å²) in [6.45, 7) is 7.71. The number of halogens is 3. The molecule has 0 saturated carbocycles. The zero-order valence-electron chi connectivity index (χ0n) is 13.3. The summed E-state index contributed by atoms with van der Waals surface area (Å²) in [5.41, 5.74) is 1.45. The number of carbonyl (C=O) groups excluding carboxylic acids is 1. The molecule has 0 atom stereocenters. The van der Waals surface area contributed by atoms with E-state index in [4.69, 9.17) is 0 Å². The minimum absolute atomic E-state index is 0.0362. The van der Waals surface area contributed by atoms with Crippen LogP contribution in [0.5, 0.6) is 0 Å². The molecule has 23 heavy (non-hydrogen) atoms. The average molecular weight is 329 g/mol. The van der Waals surface area contributed by atoms with Crippen molar-refractivity contribution in [3.05, 3.63) is 22.8 Å². The van der Waals surface area contributed by atoms with Crippen LogP contribution in [0, 0.1) is 19.8 Å². The Morgan fingerprint density at radius 1 is 1.26 bits per heavy atom. The number of nitrogens with one attached hydrogen (secondary N) is 1. The molecule has 0 unspecified atom stereocenters. The van der Waals surface area contributed by atoms with Crippen molar-refractivity contribution in [3.8, 4) is 0 Å². The van der Waals surface area contributed by atoms with Gasteiger partial charge in [0.2, 0.25) is 5.91 Å². The number of nitrogens with zero attached hydrogens (tertiary/aromatic N) is 4. The molecule has 0 radical (unpaired) electrons. The van der Waals surface area contributed by atoms with Gasteiger partial charge in [-0.1, -0.05) is 13.8 Å². The number of aryl methyl sites for hydroxylation is 2. The van der Waals surface area contributed by atoms with Gasteiger partial charge in [0.1, 0.15) is 0 Å². The van der Waals surface area contributed by atoms with E-state index in [0.717, 1.165) is 4.52 Å². The number of amides is 1. The van der Waals surface area contributed by atoms with Crippen LogP contribution in [0.25, 0.3) is 5.78 Å². The maximum Gasteiger partial charge on any atom is 0.453 e. The first-order chi connectivity index (χ1) is 10.6. The van der Waals surface area contributed by atoms with Crippen LogP contribution in [0.3, 0.4) is 0 Å². The van der Waals surface area contributed by atoms with E-state index < -0.39 is 12.0 Å². The molecule has 2 aromatic rings. The normalized spacial score (nSPS) is 12.2. The third-order valence-electron chi connectivity index (χ3n) is 3.35. The molecule has 0 aromatic carbocycles. The molecule has 0 bridgehead atoms. The molecule has 9 heteroatoms. The fourth-order valence-corrected chi connectivity index (χ4v) is 2.13. The second-order valence-electron chi connectivity index (χ2n) is 5.78. The van der Waals surface area contributed by atoms with Gasteiger partial charge in [-0.15, -0.1) is 5.10 Å². The third kappa shape index (κ3) is 3.77. The highest BCUT2D eigenvalue weighted by atomic mass is 19.4. The molecule has 0 aliphatic heterocycles. The highest BCUT2D eigenvalue weighted by molar-refractivity contribution is 5.79. The number of rotatable bonds is 4. The van der Waals surface area contributed by atoms with E-state index in [1.54, 1.807) is 13.8 Å². The molecule has 1 N–H and O–H groups in total. The van der Waals surface area contributed by atoms with Crippen molar-refractivity contribution >= 4 is 11.7 Å². The quantitative estimate of drug-likeness (QED) is 0.932. The molecule has 0 aliphatic carbocycles. The van der Waals surface area contributed by atoms with Gasteiger partial charge in [0.25, 0.3) is 11.6 Å². The van der Waals surface area contributed by atoms with Crippen LogP contribution in [-0.2, 0) is 17.4 Å². The first-order valence-corrected chi connectivity index (χ1v) is 7.16. The van der Waals surface area contributed by atoms with E-state index in [1.807, 2.05) is 13.8 Å². The highest BCUT2D eigenvalue weighted by Crippen LogP contribution is 2.27. The van der Waals surface area contributed by atoms with Crippen LogP contribution in [0.2, 0.25) is 0 Å². The minimum atomic E-state index is -4.64. The number of hydrogen-bond acceptors (Lipinski definition) is 4. The fourth-order valence-electron chi connectivity index (χ4n) is 2.13. The second-order valence-corrected chi connectivity index (χ2v) is 5.78. The zero-order chi connectivity index (χ0) is 17.4. The number of fused-ring (bicyclic) bond motifs is 1. The van der Waals surface area contributed by atoms with E-state index >= 15 is 0 Å². The number of aromatic nitrogens is 4. The lowest BCUT2D eigenvalue weighted by Crippen LogP contribution is -2.29. The molecule has 0 spiro atoms. The summed E-state index contributed by atoms with van der Waals surface area (Å²) in [6, 6.07) is 0. The molecule has 1 amide bonds. The Hall–Kier alpha value is -2.19. The van der Waals surface area contributed by atoms with Crippen LogP contribution in [0.15, 0.2) is 0 Å². The summed E-state index contributed by atoms with van der Waals surface area (Å²) in [6.07, 6.45) is -4.60. The molecule has 0 fully saturated rings. The van der Waals surface area contributed by atoms with Gasteiger partial charge < -0.3 is 5.32 Å². The lowest BCUT2D eigenvalue weighted by molar-refractivity contribution is -0.144. The molecule has 2 heterocycles. The number of hydrogen-bond donors (Lipinski definition) is 1. The fraction of sp³-hybridized carbons (Fsp3) is 0.571. The lowest BCUT2D eigenvalue weighted by Gasteiger charge is -2.11. The van der Waals surface area contributed by atoms with Crippen molar-refractivity contribution in [2.24, 2.45) is 5.92 Å². The average Bonchev–Trinajstić information content (AvgIpc) is 2.85. The van der Waals surface area contributed by atoms with Crippen LogP contribution >= 0.6 is 0 Å². The Bertz CT molecular complexity index is 736. The van der Waals surface area contributed by atoms with Crippen molar-refractivity contribution < 1.29 is 18.0 Å². The smallest absolute Gasteiger partial charge is 0.356 e. The maximum absolute atomic E-state index is 12.7. The topological polar surface area (TPSA) is 72.2 Å². The van der Waals surface area contributed by atoms with Crippen molar-refractivity contribution in [2.45, 2.75) is 40.3 Å². The monoisotopic (exact) mass is 329 g/mol. The maximum atomic E-state index is 12.7. The Labute approximate surface area is 131 Å². The van der Waals surface area contributed by atoms with Gasteiger partial charge in [-0.2, -0.15) is 18.2 Å². The van der Waals surface area contributed by atoms with Gasteiger partial charge in [-0.05, 0) is 19.8 Å². The van der Waals surface area contributed by atoms with E-state index in [1.165, 1.54) is 0 Å². The molecule has 126 valence electrons. The molecule has 0 aliphatic rings. The van der Waals surface area contributed by atoms with Gasteiger partial charge in [-0.25, -0.2) is 9.50 Å². The van der Waals surface area contributed by atoms with Crippen LogP contribution in [-0.4, -0.2) is 32.0 Å². The molecule has 6 nitrogen and oxygen atoms in total. The third-order valence-corrected chi connectivity index (χ3v) is 3.35. The molecular formula is C14H18F3N5O. The summed E-state index contributed by atoms with van der Waals surface area (Å²) in [5, 5.41) is 6.22. The Balaban J connectivity index is 2.36. The standard InChI is InChI=1S/C14H18F3N5O/c1-7(2)6-18-11(23)5-10-8(3)19-13-20-12(14(15,16)17)21-22(13)9(10)4/h7H,5-6H2,1-4H3,(H,18,23). The van der Waals surface area contributed by atoms with Gasteiger partial charge in [0.15, 0.2) is 0 Å². The summed E-state index contributed by atoms with van der Waals surface area (Å²) >= 11 is 0. The largest absolute Gasteiger partial charge is 0.453 e.